The second-order valence-electron chi connectivity index (χ2n) is 9.11. The maximum Gasteiger partial charge on any atom is 0.416 e. The lowest BCUT2D eigenvalue weighted by Crippen LogP contribution is -2.12. The summed E-state index contributed by atoms with van der Waals surface area (Å²) < 4.78 is 66.1. The molecular weight excluding hydrogens is 447 g/mol. The molecule has 1 unspecified atom stereocenters. The Morgan fingerprint density at radius 3 is 1.85 bits per heavy atom. The maximum atomic E-state index is 13.6. The van der Waals surface area contributed by atoms with Crippen LogP contribution in [0.3, 0.4) is 0 Å². The number of benzene rings is 3. The molecule has 34 heavy (non-hydrogen) atoms. The first-order valence-electron chi connectivity index (χ1n) is 11.2. The summed E-state index contributed by atoms with van der Waals surface area (Å²) >= 11 is 0. The van der Waals surface area contributed by atoms with Crippen LogP contribution in [-0.2, 0) is 23.8 Å². The molecule has 0 aromatic heterocycles. The van der Waals surface area contributed by atoms with Crippen LogP contribution in [0.15, 0.2) is 60.7 Å². The zero-order valence-electron chi connectivity index (χ0n) is 19.3. The number of Topliss-reactive ketones (excluding diaryl/α,β-unsaturated/α-hetero) is 1. The highest BCUT2D eigenvalue weighted by atomic mass is 19.4. The number of hydrogen-bond donors (Lipinski definition) is 0. The predicted molar refractivity (Wildman–Crippen MR) is 124 cm³/mol. The van der Waals surface area contributed by atoms with Gasteiger partial charge in [-0.2, -0.15) is 13.2 Å². The number of halogens is 5. The van der Waals surface area contributed by atoms with E-state index in [2.05, 4.69) is 0 Å². The molecule has 3 aromatic carbocycles. The Kier molecular flexibility index (Phi) is 7.90. The maximum absolute atomic E-state index is 13.6. The third-order valence-electron chi connectivity index (χ3n) is 5.79. The van der Waals surface area contributed by atoms with E-state index in [9.17, 15) is 26.7 Å². The molecule has 0 aliphatic rings. The van der Waals surface area contributed by atoms with Crippen LogP contribution in [0, 0.1) is 17.6 Å². The van der Waals surface area contributed by atoms with Gasteiger partial charge in [-0.15, -0.1) is 0 Å². The van der Waals surface area contributed by atoms with E-state index in [1.165, 1.54) is 31.2 Å². The van der Waals surface area contributed by atoms with E-state index in [0.717, 1.165) is 29.3 Å². The van der Waals surface area contributed by atoms with Crippen LogP contribution in [0.2, 0.25) is 0 Å². The van der Waals surface area contributed by atoms with Gasteiger partial charge in [0.1, 0.15) is 17.4 Å². The molecule has 0 saturated carbocycles. The first-order valence-corrected chi connectivity index (χ1v) is 11.2. The Bertz CT molecular complexity index is 1130. The van der Waals surface area contributed by atoms with Crippen molar-refractivity contribution in [3.05, 3.63) is 94.6 Å². The van der Waals surface area contributed by atoms with E-state index in [0.29, 0.717) is 36.0 Å². The topological polar surface area (TPSA) is 17.1 Å². The van der Waals surface area contributed by atoms with Crippen molar-refractivity contribution in [1.82, 2.24) is 0 Å². The second-order valence-corrected chi connectivity index (χ2v) is 9.11. The highest BCUT2D eigenvalue weighted by Gasteiger charge is 2.30. The Labute approximate surface area is 196 Å². The summed E-state index contributed by atoms with van der Waals surface area (Å²) in [5, 5.41) is 0. The van der Waals surface area contributed by atoms with Crippen LogP contribution in [0.5, 0.6) is 0 Å². The van der Waals surface area contributed by atoms with Gasteiger partial charge in [-0.05, 0) is 84.2 Å². The Hall–Kier alpha value is -3.02. The summed E-state index contributed by atoms with van der Waals surface area (Å²) in [6, 6.07) is 13.9. The van der Waals surface area contributed by atoms with Crippen molar-refractivity contribution in [2.45, 2.75) is 52.1 Å². The number of aryl methyl sites for hydroxylation is 2. The normalized spacial score (nSPS) is 12.7. The summed E-state index contributed by atoms with van der Waals surface area (Å²) in [6.07, 6.45) is -2.96. The average Bonchev–Trinajstić information content (AvgIpc) is 2.74. The fourth-order valence-electron chi connectivity index (χ4n) is 4.13. The molecule has 0 bridgehead atoms. The van der Waals surface area contributed by atoms with Crippen molar-refractivity contribution in [1.29, 1.82) is 0 Å². The SMILES string of the molecule is CC(=O)C(CC(C)C)c1cc(CCc2cc(F)cc(F)c2)cc(-c2ccc(C(F)(F)F)cc2)c1. The Balaban J connectivity index is 2.01. The zero-order chi connectivity index (χ0) is 25.0. The van der Waals surface area contributed by atoms with Gasteiger partial charge in [0, 0.05) is 12.0 Å². The lowest BCUT2D eigenvalue weighted by atomic mass is 9.84. The minimum absolute atomic E-state index is 0.0106. The number of carbonyl (C=O) groups excluding carboxylic acids is 1. The van der Waals surface area contributed by atoms with E-state index in [1.54, 1.807) is 0 Å². The molecule has 0 fully saturated rings. The van der Waals surface area contributed by atoms with Gasteiger partial charge < -0.3 is 0 Å². The lowest BCUT2D eigenvalue weighted by Gasteiger charge is -2.19. The van der Waals surface area contributed by atoms with Gasteiger partial charge in [-0.25, -0.2) is 8.78 Å². The molecular formula is C28H27F5O. The number of hydrogen-bond acceptors (Lipinski definition) is 1. The summed E-state index contributed by atoms with van der Waals surface area (Å²) in [5.41, 5.74) is 2.69. The summed E-state index contributed by atoms with van der Waals surface area (Å²) in [5.74, 6) is -1.37. The van der Waals surface area contributed by atoms with Gasteiger partial charge in [-0.3, -0.25) is 4.79 Å². The molecule has 0 spiro atoms. The minimum Gasteiger partial charge on any atom is -0.299 e. The van der Waals surface area contributed by atoms with Crippen molar-refractivity contribution in [3.63, 3.8) is 0 Å². The van der Waals surface area contributed by atoms with Crippen LogP contribution in [0.25, 0.3) is 11.1 Å². The lowest BCUT2D eigenvalue weighted by molar-refractivity contribution is -0.137. The monoisotopic (exact) mass is 474 g/mol. The molecule has 1 atom stereocenters. The molecule has 1 nitrogen and oxygen atoms in total. The number of rotatable bonds is 8. The van der Waals surface area contributed by atoms with Crippen molar-refractivity contribution >= 4 is 5.78 Å². The highest BCUT2D eigenvalue weighted by Crippen LogP contribution is 2.34. The fraction of sp³-hybridized carbons (Fsp3) is 0.321. The molecule has 180 valence electrons. The van der Waals surface area contributed by atoms with Crippen molar-refractivity contribution in [2.75, 3.05) is 0 Å². The number of ketones is 1. The largest absolute Gasteiger partial charge is 0.416 e. The molecule has 0 saturated heterocycles. The minimum atomic E-state index is -4.43. The average molecular weight is 475 g/mol. The third-order valence-corrected chi connectivity index (χ3v) is 5.79. The van der Waals surface area contributed by atoms with Gasteiger partial charge in [0.25, 0.3) is 0 Å². The number of carbonyl (C=O) groups is 1. The molecule has 3 aromatic rings. The van der Waals surface area contributed by atoms with E-state index >= 15 is 0 Å². The van der Waals surface area contributed by atoms with Gasteiger partial charge in [0.15, 0.2) is 0 Å². The molecule has 0 aliphatic heterocycles. The van der Waals surface area contributed by atoms with Crippen LogP contribution >= 0.6 is 0 Å². The van der Waals surface area contributed by atoms with E-state index in [1.807, 2.05) is 32.0 Å². The van der Waals surface area contributed by atoms with Gasteiger partial charge in [0.2, 0.25) is 0 Å². The first kappa shape index (κ1) is 25.6. The zero-order valence-corrected chi connectivity index (χ0v) is 19.3. The molecule has 0 N–H and O–H groups in total. The van der Waals surface area contributed by atoms with Gasteiger partial charge in [-0.1, -0.05) is 44.2 Å². The first-order chi connectivity index (χ1) is 15.9. The second kappa shape index (κ2) is 10.5. The van der Waals surface area contributed by atoms with Crippen molar-refractivity contribution in [2.24, 2.45) is 5.92 Å². The predicted octanol–water partition coefficient (Wildman–Crippen LogP) is 8.15. The molecule has 6 heteroatoms. The third kappa shape index (κ3) is 6.75. The molecule has 0 aliphatic carbocycles. The molecule has 0 radical (unpaired) electrons. The Morgan fingerprint density at radius 1 is 0.794 bits per heavy atom. The quantitative estimate of drug-likeness (QED) is 0.301. The van der Waals surface area contributed by atoms with Crippen LogP contribution in [0.1, 0.15) is 55.4 Å². The molecule has 0 heterocycles. The van der Waals surface area contributed by atoms with Crippen LogP contribution in [-0.4, -0.2) is 5.78 Å². The van der Waals surface area contributed by atoms with Gasteiger partial charge in [0.05, 0.1) is 5.56 Å². The Morgan fingerprint density at radius 2 is 1.35 bits per heavy atom. The van der Waals surface area contributed by atoms with Crippen LogP contribution < -0.4 is 0 Å². The van der Waals surface area contributed by atoms with Crippen molar-refractivity contribution < 1.29 is 26.7 Å². The smallest absolute Gasteiger partial charge is 0.299 e. The summed E-state index contributed by atoms with van der Waals surface area (Å²) in [4.78, 5) is 12.4. The highest BCUT2D eigenvalue weighted by molar-refractivity contribution is 5.84. The van der Waals surface area contributed by atoms with Crippen LogP contribution in [0.4, 0.5) is 22.0 Å². The van der Waals surface area contributed by atoms with Crippen molar-refractivity contribution in [3.8, 4) is 11.1 Å². The molecule has 3 rings (SSSR count). The van der Waals surface area contributed by atoms with E-state index in [4.69, 9.17) is 0 Å². The number of alkyl halides is 3. The standard InChI is InChI=1S/C28H27F5O/c1-17(2)10-27(18(3)34)23-12-19(4-5-20-13-25(29)16-26(30)14-20)11-22(15-23)21-6-8-24(9-7-21)28(31,32)33/h6-9,11-17,27H,4-5,10H2,1-3H3. The van der Waals surface area contributed by atoms with Gasteiger partial charge >= 0.3 is 6.18 Å². The van der Waals surface area contributed by atoms with E-state index < -0.39 is 23.4 Å². The van der Waals surface area contributed by atoms with E-state index in [-0.39, 0.29) is 17.6 Å². The summed E-state index contributed by atoms with van der Waals surface area (Å²) in [6.45, 7) is 5.58. The molecule has 0 amide bonds. The summed E-state index contributed by atoms with van der Waals surface area (Å²) in [7, 11) is 0. The fourth-order valence-corrected chi connectivity index (χ4v) is 4.13.